The summed E-state index contributed by atoms with van der Waals surface area (Å²) in [5.74, 6) is -0.127. The van der Waals surface area contributed by atoms with Gasteiger partial charge in [0.15, 0.2) is 0 Å². The van der Waals surface area contributed by atoms with Crippen LogP contribution in [-0.2, 0) is 10.2 Å². The Hall–Kier alpha value is -3.60. The largest absolute Gasteiger partial charge is 0.493 e. The molecule has 3 aromatic rings. The Kier molecular flexibility index (Phi) is 9.73. The standard InChI is InChI=1S/C33H41NO4/c1-7-8-27(24-9-11-26(12-10-24)32(37)34-18-17-30(35)36)21-38-29-19-22(2)31(23(3)20-29)25-13-15-28(16-14-25)33(4,5)6/h9-16,19-20,27H,7-8,17-18,21H2,1-6H3,(H,34,37)(H,35,36). The summed E-state index contributed by atoms with van der Waals surface area (Å²) < 4.78 is 6.31. The van der Waals surface area contributed by atoms with Gasteiger partial charge in [0.1, 0.15) is 5.75 Å². The third kappa shape index (κ3) is 7.70. The number of ether oxygens (including phenoxy) is 1. The third-order valence-electron chi connectivity index (χ3n) is 6.90. The Labute approximate surface area is 227 Å². The minimum atomic E-state index is -0.933. The van der Waals surface area contributed by atoms with Crippen molar-refractivity contribution in [1.82, 2.24) is 5.32 Å². The number of hydrogen-bond acceptors (Lipinski definition) is 3. The molecule has 1 unspecified atom stereocenters. The van der Waals surface area contributed by atoms with Crippen LogP contribution in [0.1, 0.15) is 85.5 Å². The summed E-state index contributed by atoms with van der Waals surface area (Å²) >= 11 is 0. The molecule has 202 valence electrons. The highest BCUT2D eigenvalue weighted by Gasteiger charge is 2.16. The minimum Gasteiger partial charge on any atom is -0.493 e. The first-order valence-corrected chi connectivity index (χ1v) is 13.4. The van der Waals surface area contributed by atoms with E-state index >= 15 is 0 Å². The topological polar surface area (TPSA) is 75.6 Å². The van der Waals surface area contributed by atoms with Crippen molar-refractivity contribution in [1.29, 1.82) is 0 Å². The number of amides is 1. The van der Waals surface area contributed by atoms with Gasteiger partial charge in [-0.25, -0.2) is 0 Å². The van der Waals surface area contributed by atoms with Crippen LogP contribution in [0.3, 0.4) is 0 Å². The highest BCUT2D eigenvalue weighted by Crippen LogP contribution is 2.33. The van der Waals surface area contributed by atoms with Gasteiger partial charge in [0, 0.05) is 18.0 Å². The second-order valence-corrected chi connectivity index (χ2v) is 11.1. The Morgan fingerprint density at radius 1 is 0.947 bits per heavy atom. The normalized spacial score (nSPS) is 12.2. The molecule has 0 saturated carbocycles. The van der Waals surface area contributed by atoms with E-state index in [2.05, 4.69) is 83.3 Å². The lowest BCUT2D eigenvalue weighted by Gasteiger charge is -2.21. The molecule has 0 fully saturated rings. The molecule has 1 atom stereocenters. The van der Waals surface area contributed by atoms with Crippen molar-refractivity contribution in [3.05, 3.63) is 88.5 Å². The summed E-state index contributed by atoms with van der Waals surface area (Å²) in [7, 11) is 0. The molecule has 0 aliphatic heterocycles. The second kappa shape index (κ2) is 12.8. The fourth-order valence-corrected chi connectivity index (χ4v) is 4.78. The Bertz CT molecular complexity index is 1210. The number of carbonyl (C=O) groups excluding carboxylic acids is 1. The summed E-state index contributed by atoms with van der Waals surface area (Å²) in [6.07, 6.45) is 1.90. The van der Waals surface area contributed by atoms with Crippen LogP contribution in [0.25, 0.3) is 11.1 Å². The van der Waals surface area contributed by atoms with Gasteiger partial charge in [-0.1, -0.05) is 70.5 Å². The molecule has 5 heteroatoms. The van der Waals surface area contributed by atoms with E-state index in [9.17, 15) is 9.59 Å². The van der Waals surface area contributed by atoms with Gasteiger partial charge in [-0.2, -0.15) is 0 Å². The maximum atomic E-state index is 12.3. The van der Waals surface area contributed by atoms with E-state index in [1.807, 2.05) is 12.1 Å². The number of nitrogens with one attached hydrogen (secondary N) is 1. The molecular formula is C33H41NO4. The molecule has 2 N–H and O–H groups in total. The van der Waals surface area contributed by atoms with Crippen LogP contribution in [0.15, 0.2) is 60.7 Å². The molecule has 0 aromatic heterocycles. The zero-order valence-corrected chi connectivity index (χ0v) is 23.6. The summed E-state index contributed by atoms with van der Waals surface area (Å²) in [6.45, 7) is 13.8. The van der Waals surface area contributed by atoms with Crippen LogP contribution in [0, 0.1) is 13.8 Å². The summed E-state index contributed by atoms with van der Waals surface area (Å²) in [4.78, 5) is 22.9. The number of carbonyl (C=O) groups is 2. The summed E-state index contributed by atoms with van der Waals surface area (Å²) in [6, 6.07) is 20.6. The molecule has 0 aliphatic rings. The Balaban J connectivity index is 1.69. The molecule has 0 heterocycles. The molecular weight excluding hydrogens is 474 g/mol. The van der Waals surface area contributed by atoms with E-state index in [4.69, 9.17) is 9.84 Å². The number of benzene rings is 3. The van der Waals surface area contributed by atoms with E-state index in [1.165, 1.54) is 27.8 Å². The lowest BCUT2D eigenvalue weighted by molar-refractivity contribution is -0.136. The average molecular weight is 516 g/mol. The van der Waals surface area contributed by atoms with Crippen molar-refractivity contribution >= 4 is 11.9 Å². The molecule has 0 aliphatic carbocycles. The number of carboxylic acid groups (broad SMARTS) is 1. The zero-order valence-electron chi connectivity index (χ0n) is 23.6. The van der Waals surface area contributed by atoms with Crippen molar-refractivity contribution < 1.29 is 19.4 Å². The van der Waals surface area contributed by atoms with Gasteiger partial charge in [-0.05, 0) is 83.3 Å². The predicted molar refractivity (Wildman–Crippen MR) is 154 cm³/mol. The molecule has 3 rings (SSSR count). The first kappa shape index (κ1) is 29.0. The van der Waals surface area contributed by atoms with Gasteiger partial charge in [-0.15, -0.1) is 0 Å². The predicted octanol–water partition coefficient (Wildman–Crippen LogP) is 7.44. The fourth-order valence-electron chi connectivity index (χ4n) is 4.78. The van der Waals surface area contributed by atoms with Gasteiger partial charge in [-0.3, -0.25) is 9.59 Å². The van der Waals surface area contributed by atoms with Crippen molar-refractivity contribution in [3.8, 4) is 16.9 Å². The van der Waals surface area contributed by atoms with Gasteiger partial charge in [0.05, 0.1) is 13.0 Å². The number of aliphatic carboxylic acids is 1. The first-order valence-electron chi connectivity index (χ1n) is 13.4. The molecule has 3 aromatic carbocycles. The molecule has 0 bridgehead atoms. The minimum absolute atomic E-state index is 0.0941. The zero-order chi connectivity index (χ0) is 27.9. The lowest BCUT2D eigenvalue weighted by atomic mass is 9.85. The van der Waals surface area contributed by atoms with Crippen molar-refractivity contribution in [2.24, 2.45) is 0 Å². The quantitative estimate of drug-likeness (QED) is 0.278. The van der Waals surface area contributed by atoms with Gasteiger partial charge in [0.25, 0.3) is 5.91 Å². The SMILES string of the molecule is CCCC(COc1cc(C)c(-c2ccc(C(C)(C)C)cc2)c(C)c1)c1ccc(C(=O)NCCC(=O)O)cc1. The van der Waals surface area contributed by atoms with E-state index < -0.39 is 5.97 Å². The summed E-state index contributed by atoms with van der Waals surface area (Å²) in [5, 5.41) is 11.4. The molecule has 1 amide bonds. The fraction of sp³-hybridized carbons (Fsp3) is 0.394. The third-order valence-corrected chi connectivity index (χ3v) is 6.90. The van der Waals surface area contributed by atoms with Crippen LogP contribution >= 0.6 is 0 Å². The van der Waals surface area contributed by atoms with E-state index in [-0.39, 0.29) is 30.2 Å². The maximum absolute atomic E-state index is 12.3. The Morgan fingerprint density at radius 2 is 1.55 bits per heavy atom. The highest BCUT2D eigenvalue weighted by atomic mass is 16.5. The van der Waals surface area contributed by atoms with Crippen LogP contribution < -0.4 is 10.1 Å². The molecule has 0 spiro atoms. The van der Waals surface area contributed by atoms with Gasteiger partial charge < -0.3 is 15.2 Å². The number of rotatable bonds is 11. The number of aryl methyl sites for hydroxylation is 2. The smallest absolute Gasteiger partial charge is 0.305 e. The van der Waals surface area contributed by atoms with Crippen LogP contribution in [-0.4, -0.2) is 30.1 Å². The second-order valence-electron chi connectivity index (χ2n) is 11.1. The van der Waals surface area contributed by atoms with Gasteiger partial charge >= 0.3 is 5.97 Å². The molecule has 5 nitrogen and oxygen atoms in total. The number of hydrogen-bond donors (Lipinski definition) is 2. The van der Waals surface area contributed by atoms with E-state index in [0.29, 0.717) is 12.2 Å². The Morgan fingerprint density at radius 3 is 2.08 bits per heavy atom. The molecule has 0 saturated heterocycles. The molecule has 38 heavy (non-hydrogen) atoms. The van der Waals surface area contributed by atoms with Crippen molar-refractivity contribution in [3.63, 3.8) is 0 Å². The van der Waals surface area contributed by atoms with Crippen molar-refractivity contribution in [2.75, 3.05) is 13.2 Å². The maximum Gasteiger partial charge on any atom is 0.305 e. The summed E-state index contributed by atoms with van der Waals surface area (Å²) in [5.41, 5.74) is 7.94. The van der Waals surface area contributed by atoms with Crippen LogP contribution in [0.4, 0.5) is 0 Å². The van der Waals surface area contributed by atoms with E-state index in [0.717, 1.165) is 24.2 Å². The van der Waals surface area contributed by atoms with E-state index in [1.54, 1.807) is 12.1 Å². The van der Waals surface area contributed by atoms with Crippen molar-refractivity contribution in [2.45, 2.75) is 72.1 Å². The first-order chi connectivity index (χ1) is 18.0. The average Bonchev–Trinajstić information content (AvgIpc) is 2.86. The highest BCUT2D eigenvalue weighted by molar-refractivity contribution is 5.94. The van der Waals surface area contributed by atoms with Crippen LogP contribution in [0.5, 0.6) is 5.75 Å². The lowest BCUT2D eigenvalue weighted by Crippen LogP contribution is -2.26. The van der Waals surface area contributed by atoms with Crippen LogP contribution in [0.2, 0.25) is 0 Å². The molecule has 0 radical (unpaired) electrons. The van der Waals surface area contributed by atoms with Gasteiger partial charge in [0.2, 0.25) is 0 Å². The monoisotopic (exact) mass is 515 g/mol. The number of carboxylic acids is 1.